The molecule has 1 saturated heterocycles. The van der Waals surface area contributed by atoms with Gasteiger partial charge in [-0.1, -0.05) is 17.7 Å². The smallest absolute Gasteiger partial charge is 0.338 e. The summed E-state index contributed by atoms with van der Waals surface area (Å²) in [6.07, 6.45) is 0. The number of sulfonamides is 1. The number of carbonyl (C=O) groups is 2. The van der Waals surface area contributed by atoms with E-state index in [1.807, 2.05) is 4.90 Å². The summed E-state index contributed by atoms with van der Waals surface area (Å²) in [6.45, 7) is 3.44. The third kappa shape index (κ3) is 6.04. The molecule has 0 bridgehead atoms. The highest BCUT2D eigenvalue weighted by atomic mass is 35.5. The molecule has 0 saturated carbocycles. The molecule has 40 heavy (non-hydrogen) atoms. The van der Waals surface area contributed by atoms with Crippen molar-refractivity contribution in [3.05, 3.63) is 64.3 Å². The van der Waals surface area contributed by atoms with E-state index in [9.17, 15) is 18.0 Å². The van der Waals surface area contributed by atoms with Gasteiger partial charge >= 0.3 is 12.0 Å². The number of likely N-dealkylation sites (N-methyl/N-ethyl adjacent to an activating group) is 1. The van der Waals surface area contributed by atoms with E-state index in [0.717, 1.165) is 0 Å². The second kappa shape index (κ2) is 12.5. The van der Waals surface area contributed by atoms with Gasteiger partial charge < -0.3 is 19.5 Å². The first-order valence-electron chi connectivity index (χ1n) is 12.7. The molecular formula is C27H33ClN4O7S. The van der Waals surface area contributed by atoms with Gasteiger partial charge in [0.05, 0.1) is 37.3 Å². The lowest BCUT2D eigenvalue weighted by Crippen LogP contribution is -2.53. The van der Waals surface area contributed by atoms with Crippen LogP contribution in [0, 0.1) is 0 Å². The second-order valence-corrected chi connectivity index (χ2v) is 11.6. The molecule has 0 spiro atoms. The number of benzene rings is 2. The van der Waals surface area contributed by atoms with Crippen LogP contribution in [0.15, 0.2) is 58.6 Å². The Kier molecular flexibility index (Phi) is 9.24. The van der Waals surface area contributed by atoms with Crippen LogP contribution in [0.3, 0.4) is 0 Å². The summed E-state index contributed by atoms with van der Waals surface area (Å²) in [7, 11) is 0.949. The number of piperazine rings is 1. The van der Waals surface area contributed by atoms with Crippen molar-refractivity contribution in [1.82, 2.24) is 19.4 Å². The average Bonchev–Trinajstić information content (AvgIpc) is 2.95. The molecule has 216 valence electrons. The first kappa shape index (κ1) is 29.7. The monoisotopic (exact) mass is 592 g/mol. The molecule has 0 radical (unpaired) electrons. The Labute approximate surface area is 239 Å². The number of ether oxygens (including phenoxy) is 3. The maximum atomic E-state index is 13.3. The number of esters is 1. The topological polar surface area (TPSA) is 118 Å². The van der Waals surface area contributed by atoms with Crippen molar-refractivity contribution >= 4 is 33.6 Å². The molecule has 2 aliphatic heterocycles. The van der Waals surface area contributed by atoms with E-state index in [4.69, 9.17) is 25.8 Å². The van der Waals surface area contributed by atoms with Gasteiger partial charge in [0, 0.05) is 50.5 Å². The van der Waals surface area contributed by atoms with Crippen LogP contribution >= 0.6 is 11.6 Å². The van der Waals surface area contributed by atoms with E-state index in [2.05, 4.69) is 5.32 Å². The number of hydrogen-bond acceptors (Lipinski definition) is 8. The van der Waals surface area contributed by atoms with Crippen LogP contribution < -0.4 is 14.8 Å². The van der Waals surface area contributed by atoms with Crippen molar-refractivity contribution in [3.8, 4) is 11.5 Å². The minimum absolute atomic E-state index is 0.160. The lowest BCUT2D eigenvalue weighted by atomic mass is 9.94. The van der Waals surface area contributed by atoms with Crippen molar-refractivity contribution in [2.75, 3.05) is 60.6 Å². The highest BCUT2D eigenvalue weighted by Gasteiger charge is 2.38. The van der Waals surface area contributed by atoms with Crippen LogP contribution in [0.2, 0.25) is 5.02 Å². The molecule has 2 amide bonds. The number of halogens is 1. The summed E-state index contributed by atoms with van der Waals surface area (Å²) in [5, 5.41) is 3.35. The lowest BCUT2D eigenvalue weighted by Gasteiger charge is -2.39. The van der Waals surface area contributed by atoms with E-state index in [1.165, 1.54) is 35.6 Å². The summed E-state index contributed by atoms with van der Waals surface area (Å²) >= 11 is 5.92. The standard InChI is InChI=1S/C27H33ClN4O7S/c1-5-39-26(33)24-21(30(2)27(34)29-25(24)18-6-11-22(37-3)23(16-18)38-4)17-31-12-14-32(15-13-31)40(35,36)20-9-7-19(28)8-10-20/h6-11,16,25H,5,12-15,17H2,1-4H3,(H,29,34). The Morgan fingerprint density at radius 3 is 2.27 bits per heavy atom. The zero-order valence-electron chi connectivity index (χ0n) is 22.8. The Balaban J connectivity index is 1.62. The van der Waals surface area contributed by atoms with Crippen molar-refractivity contribution in [3.63, 3.8) is 0 Å². The minimum Gasteiger partial charge on any atom is -0.493 e. The van der Waals surface area contributed by atoms with E-state index in [1.54, 1.807) is 44.3 Å². The fourth-order valence-corrected chi connectivity index (χ4v) is 6.32. The quantitative estimate of drug-likeness (QED) is 0.442. The molecular weight excluding hydrogens is 560 g/mol. The molecule has 1 atom stereocenters. The molecule has 0 aromatic heterocycles. The van der Waals surface area contributed by atoms with Crippen molar-refractivity contribution in [2.45, 2.75) is 17.9 Å². The van der Waals surface area contributed by atoms with E-state index in [0.29, 0.717) is 46.4 Å². The van der Waals surface area contributed by atoms with Crippen LogP contribution in [-0.2, 0) is 19.6 Å². The molecule has 2 aliphatic rings. The normalized spacial score (nSPS) is 18.9. The highest BCUT2D eigenvalue weighted by molar-refractivity contribution is 7.89. The number of urea groups is 1. The third-order valence-electron chi connectivity index (χ3n) is 6.97. The molecule has 11 nitrogen and oxygen atoms in total. The fourth-order valence-electron chi connectivity index (χ4n) is 4.78. The van der Waals surface area contributed by atoms with Gasteiger partial charge in [-0.2, -0.15) is 4.31 Å². The minimum atomic E-state index is -3.68. The van der Waals surface area contributed by atoms with Crippen LogP contribution in [0.1, 0.15) is 18.5 Å². The summed E-state index contributed by atoms with van der Waals surface area (Å²) in [6, 6.07) is 10.1. The third-order valence-corrected chi connectivity index (χ3v) is 9.13. The van der Waals surface area contributed by atoms with Gasteiger partial charge in [-0.3, -0.25) is 9.80 Å². The Hall–Kier alpha value is -3.32. The van der Waals surface area contributed by atoms with Crippen LogP contribution in [0.5, 0.6) is 11.5 Å². The molecule has 4 rings (SSSR count). The highest BCUT2D eigenvalue weighted by Crippen LogP contribution is 2.36. The second-order valence-electron chi connectivity index (χ2n) is 9.27. The number of rotatable bonds is 9. The van der Waals surface area contributed by atoms with Crippen molar-refractivity contribution in [1.29, 1.82) is 0 Å². The van der Waals surface area contributed by atoms with E-state index >= 15 is 0 Å². The van der Waals surface area contributed by atoms with Crippen LogP contribution in [-0.4, -0.2) is 95.1 Å². The van der Waals surface area contributed by atoms with Crippen molar-refractivity contribution in [2.24, 2.45) is 0 Å². The van der Waals surface area contributed by atoms with Crippen LogP contribution in [0.25, 0.3) is 0 Å². The molecule has 1 unspecified atom stereocenters. The van der Waals surface area contributed by atoms with Gasteiger partial charge in [0.2, 0.25) is 10.0 Å². The number of methoxy groups -OCH3 is 2. The zero-order valence-corrected chi connectivity index (χ0v) is 24.4. The van der Waals surface area contributed by atoms with Gasteiger partial charge in [-0.25, -0.2) is 18.0 Å². The van der Waals surface area contributed by atoms with Crippen LogP contribution in [0.4, 0.5) is 4.79 Å². The fraction of sp³-hybridized carbons (Fsp3) is 0.407. The molecule has 2 heterocycles. The van der Waals surface area contributed by atoms with Gasteiger partial charge in [-0.05, 0) is 48.9 Å². The van der Waals surface area contributed by atoms with E-state index in [-0.39, 0.29) is 37.2 Å². The Morgan fingerprint density at radius 2 is 1.68 bits per heavy atom. The number of hydrogen-bond donors (Lipinski definition) is 1. The van der Waals surface area contributed by atoms with Gasteiger partial charge in [0.15, 0.2) is 11.5 Å². The Morgan fingerprint density at radius 1 is 1.02 bits per heavy atom. The summed E-state index contributed by atoms with van der Waals surface area (Å²) < 4.78 is 43.8. The predicted molar refractivity (Wildman–Crippen MR) is 149 cm³/mol. The molecule has 1 N–H and O–H groups in total. The maximum Gasteiger partial charge on any atom is 0.338 e. The number of amides is 2. The lowest BCUT2D eigenvalue weighted by molar-refractivity contribution is -0.139. The Bertz CT molecular complexity index is 1390. The predicted octanol–water partition coefficient (Wildman–Crippen LogP) is 2.88. The van der Waals surface area contributed by atoms with Gasteiger partial charge in [0.1, 0.15) is 0 Å². The first-order chi connectivity index (χ1) is 19.1. The van der Waals surface area contributed by atoms with E-state index < -0.39 is 22.0 Å². The zero-order chi connectivity index (χ0) is 29.0. The largest absolute Gasteiger partial charge is 0.493 e. The number of nitrogens with zero attached hydrogens (tertiary/aromatic N) is 3. The summed E-state index contributed by atoms with van der Waals surface area (Å²) in [5.41, 5.74) is 1.40. The molecule has 2 aromatic rings. The average molecular weight is 593 g/mol. The van der Waals surface area contributed by atoms with Gasteiger partial charge in [-0.15, -0.1) is 0 Å². The number of carbonyl (C=O) groups excluding carboxylic acids is 2. The molecule has 1 fully saturated rings. The first-order valence-corrected chi connectivity index (χ1v) is 14.6. The van der Waals surface area contributed by atoms with Gasteiger partial charge in [0.25, 0.3) is 0 Å². The molecule has 2 aromatic carbocycles. The molecule has 13 heteroatoms. The SMILES string of the molecule is CCOC(=O)C1=C(CN2CCN(S(=O)(=O)c3ccc(Cl)cc3)CC2)N(C)C(=O)NC1c1ccc(OC)c(OC)c1. The molecule has 0 aliphatic carbocycles. The maximum absolute atomic E-state index is 13.3. The summed E-state index contributed by atoms with van der Waals surface area (Å²) in [5.74, 6) is 0.419. The van der Waals surface area contributed by atoms with Crippen molar-refractivity contribution < 1.29 is 32.2 Å². The number of nitrogens with one attached hydrogen (secondary N) is 1. The summed E-state index contributed by atoms with van der Waals surface area (Å²) in [4.78, 5) is 30.0.